The van der Waals surface area contributed by atoms with E-state index in [1.807, 2.05) is 0 Å². The van der Waals surface area contributed by atoms with Gasteiger partial charge in [0.25, 0.3) is 0 Å². The number of ether oxygens (including phenoxy) is 4. The van der Waals surface area contributed by atoms with Gasteiger partial charge in [-0.05, 0) is 158 Å². The average molecular weight is 843 g/mol. The number of phenols is 2. The van der Waals surface area contributed by atoms with Crippen LogP contribution in [-0.4, -0.2) is 61.9 Å². The standard InChI is InChI=1S/C43H38O12S3/c44-32-4-16-38(17-5-32)56(46,47)40-20-8-34(9-21-40)52-28-1-2-29-53-35-10-22-42(23-11-35)58(50,51)43-26-14-37(15-27-43)55-31-3-30-54-36-12-24-41(25-13-36)57(48,49)39-18-6-33(45)7-19-39/h1-2,4-27,44-45H,3,28-31H2/b2-1+. The van der Waals surface area contributed by atoms with Crippen molar-refractivity contribution in [2.24, 2.45) is 0 Å². The third-order valence-electron chi connectivity index (χ3n) is 8.52. The summed E-state index contributed by atoms with van der Waals surface area (Å²) in [4.78, 5) is 0.543. The van der Waals surface area contributed by atoms with Crippen molar-refractivity contribution in [1.29, 1.82) is 0 Å². The number of aromatic hydroxyl groups is 2. The van der Waals surface area contributed by atoms with Crippen LogP contribution in [0.4, 0.5) is 0 Å². The van der Waals surface area contributed by atoms with Crippen molar-refractivity contribution in [2.45, 2.75) is 35.8 Å². The molecule has 0 radical (unpaired) electrons. The van der Waals surface area contributed by atoms with Crippen LogP contribution in [0.5, 0.6) is 34.5 Å². The van der Waals surface area contributed by atoms with Crippen molar-refractivity contribution in [3.63, 3.8) is 0 Å². The second kappa shape index (κ2) is 18.3. The van der Waals surface area contributed by atoms with Gasteiger partial charge in [0.05, 0.1) is 42.6 Å². The van der Waals surface area contributed by atoms with Crippen LogP contribution in [-0.2, 0) is 29.5 Å². The Balaban J connectivity index is 0.894. The summed E-state index contributed by atoms with van der Waals surface area (Å²) in [7, 11) is -11.3. The van der Waals surface area contributed by atoms with Gasteiger partial charge >= 0.3 is 0 Å². The summed E-state index contributed by atoms with van der Waals surface area (Å²) < 4.78 is 100. The summed E-state index contributed by atoms with van der Waals surface area (Å²) in [6.07, 6.45) is 3.99. The zero-order valence-corrected chi connectivity index (χ0v) is 33.2. The molecule has 6 rings (SSSR count). The van der Waals surface area contributed by atoms with Gasteiger partial charge in [0.1, 0.15) is 47.7 Å². The van der Waals surface area contributed by atoms with Crippen molar-refractivity contribution >= 4 is 29.5 Å². The molecule has 0 bridgehead atoms. The Bertz CT molecular complexity index is 2640. The van der Waals surface area contributed by atoms with Crippen LogP contribution in [0.25, 0.3) is 0 Å². The van der Waals surface area contributed by atoms with E-state index >= 15 is 0 Å². The maximum Gasteiger partial charge on any atom is 0.206 e. The molecule has 58 heavy (non-hydrogen) atoms. The Morgan fingerprint density at radius 3 is 0.828 bits per heavy atom. The highest BCUT2D eigenvalue weighted by atomic mass is 32.2. The fourth-order valence-corrected chi connectivity index (χ4v) is 9.17. The van der Waals surface area contributed by atoms with Gasteiger partial charge in [0.15, 0.2) is 0 Å². The number of rotatable bonds is 18. The molecule has 0 saturated heterocycles. The van der Waals surface area contributed by atoms with E-state index in [1.54, 1.807) is 60.7 Å². The number of hydrogen-bond donors (Lipinski definition) is 2. The summed E-state index contributed by atoms with van der Waals surface area (Å²) >= 11 is 0. The van der Waals surface area contributed by atoms with Gasteiger partial charge in [0.2, 0.25) is 29.5 Å². The lowest BCUT2D eigenvalue weighted by molar-refractivity contribution is 0.247. The van der Waals surface area contributed by atoms with E-state index in [2.05, 4.69) is 0 Å². The molecule has 0 aliphatic carbocycles. The maximum atomic E-state index is 13.2. The van der Waals surface area contributed by atoms with Crippen LogP contribution in [0.3, 0.4) is 0 Å². The summed E-state index contributed by atoms with van der Waals surface area (Å²) in [5.74, 6) is 1.88. The molecular formula is C43H38O12S3. The quantitative estimate of drug-likeness (QED) is 0.0646. The minimum atomic E-state index is -3.80. The van der Waals surface area contributed by atoms with Crippen LogP contribution in [0.1, 0.15) is 6.42 Å². The first-order chi connectivity index (χ1) is 27.8. The highest BCUT2D eigenvalue weighted by Gasteiger charge is 2.20. The monoisotopic (exact) mass is 842 g/mol. The summed E-state index contributed by atoms with van der Waals surface area (Å²) in [5, 5.41) is 18.8. The van der Waals surface area contributed by atoms with Gasteiger partial charge in [-0.1, -0.05) is 0 Å². The lowest BCUT2D eigenvalue weighted by Crippen LogP contribution is -2.06. The molecule has 15 heteroatoms. The predicted molar refractivity (Wildman–Crippen MR) is 214 cm³/mol. The molecule has 0 aliphatic heterocycles. The highest BCUT2D eigenvalue weighted by Crippen LogP contribution is 2.28. The minimum absolute atomic E-state index is 0.0233. The highest BCUT2D eigenvalue weighted by molar-refractivity contribution is 7.92. The summed E-state index contributed by atoms with van der Waals surface area (Å²) in [6.45, 7) is 1.02. The third kappa shape index (κ3) is 10.4. The molecule has 6 aromatic rings. The van der Waals surface area contributed by atoms with Crippen LogP contribution in [0, 0.1) is 0 Å². The lowest BCUT2D eigenvalue weighted by Gasteiger charge is -2.10. The largest absolute Gasteiger partial charge is 0.508 e. The van der Waals surface area contributed by atoms with E-state index in [1.165, 1.54) is 97.1 Å². The fraction of sp³-hybridized carbons (Fsp3) is 0.116. The lowest BCUT2D eigenvalue weighted by atomic mass is 10.3. The van der Waals surface area contributed by atoms with Gasteiger partial charge in [-0.3, -0.25) is 0 Å². The zero-order valence-electron chi connectivity index (χ0n) is 30.7. The molecule has 0 amide bonds. The molecule has 0 heterocycles. The van der Waals surface area contributed by atoms with Gasteiger partial charge in [0, 0.05) is 6.42 Å². The number of benzene rings is 6. The Kier molecular flexibility index (Phi) is 13.1. The van der Waals surface area contributed by atoms with Crippen LogP contribution >= 0.6 is 0 Å². The molecule has 0 aliphatic rings. The predicted octanol–water partition coefficient (Wildman–Crippen LogP) is 7.46. The van der Waals surface area contributed by atoms with E-state index in [0.29, 0.717) is 42.6 Å². The van der Waals surface area contributed by atoms with Crippen LogP contribution in [0.15, 0.2) is 187 Å². The minimum Gasteiger partial charge on any atom is -0.508 e. The third-order valence-corrected chi connectivity index (χ3v) is 13.9. The smallest absolute Gasteiger partial charge is 0.206 e. The average Bonchev–Trinajstić information content (AvgIpc) is 3.23. The van der Waals surface area contributed by atoms with Crippen molar-refractivity contribution < 1.29 is 54.4 Å². The summed E-state index contributed by atoms with van der Waals surface area (Å²) in [5.41, 5.74) is 0. The number of sulfone groups is 3. The molecule has 0 atom stereocenters. The molecule has 2 N–H and O–H groups in total. The zero-order chi connectivity index (χ0) is 41.2. The molecule has 0 fully saturated rings. The molecule has 6 aromatic carbocycles. The Labute approximate surface area is 337 Å². The van der Waals surface area contributed by atoms with Crippen molar-refractivity contribution in [2.75, 3.05) is 26.4 Å². The SMILES string of the molecule is O=S(=O)(c1ccc(O)cc1)c1ccc(OC/C=C/COc2ccc(S(=O)(=O)c3ccc(OCCCOc4ccc(S(=O)(=O)c5ccc(O)cc5)cc4)cc3)cc2)cc1. The summed E-state index contributed by atoms with van der Waals surface area (Å²) in [6, 6.07) is 34.8. The van der Waals surface area contributed by atoms with Crippen LogP contribution in [0.2, 0.25) is 0 Å². The van der Waals surface area contributed by atoms with Gasteiger partial charge in [-0.2, -0.15) is 0 Å². The Morgan fingerprint density at radius 1 is 0.345 bits per heavy atom. The molecule has 300 valence electrons. The first kappa shape index (κ1) is 41.3. The second-order valence-corrected chi connectivity index (χ2v) is 18.4. The second-order valence-electron chi connectivity index (χ2n) is 12.5. The fourth-order valence-electron chi connectivity index (χ4n) is 5.38. The van der Waals surface area contributed by atoms with E-state index in [-0.39, 0.29) is 54.1 Å². The van der Waals surface area contributed by atoms with Gasteiger partial charge in [-0.15, -0.1) is 0 Å². The van der Waals surface area contributed by atoms with E-state index < -0.39 is 29.5 Å². The maximum absolute atomic E-state index is 13.2. The van der Waals surface area contributed by atoms with Crippen molar-refractivity contribution in [3.05, 3.63) is 158 Å². The molecule has 0 saturated carbocycles. The topological polar surface area (TPSA) is 180 Å². The normalized spacial score (nSPS) is 11.9. The number of hydrogen-bond acceptors (Lipinski definition) is 12. The molecule has 12 nitrogen and oxygen atoms in total. The molecule has 0 spiro atoms. The van der Waals surface area contributed by atoms with Gasteiger partial charge in [-0.25, -0.2) is 25.3 Å². The molecule has 0 aromatic heterocycles. The van der Waals surface area contributed by atoms with Crippen LogP contribution < -0.4 is 18.9 Å². The van der Waals surface area contributed by atoms with Gasteiger partial charge < -0.3 is 29.2 Å². The van der Waals surface area contributed by atoms with Crippen molar-refractivity contribution in [3.8, 4) is 34.5 Å². The van der Waals surface area contributed by atoms with E-state index in [4.69, 9.17) is 18.9 Å². The molecular weight excluding hydrogens is 805 g/mol. The van der Waals surface area contributed by atoms with E-state index in [0.717, 1.165) is 0 Å². The molecule has 0 unspecified atom stereocenters. The van der Waals surface area contributed by atoms with Crippen molar-refractivity contribution in [1.82, 2.24) is 0 Å². The van der Waals surface area contributed by atoms with E-state index in [9.17, 15) is 35.5 Å². The number of phenolic OH excluding ortho intramolecular Hbond substituents is 2. The Morgan fingerprint density at radius 2 is 0.569 bits per heavy atom. The first-order valence-electron chi connectivity index (χ1n) is 17.7. The first-order valence-corrected chi connectivity index (χ1v) is 22.2. The Hall–Kier alpha value is -6.29.